The van der Waals surface area contributed by atoms with Gasteiger partial charge in [-0.3, -0.25) is 24.0 Å². The summed E-state index contributed by atoms with van der Waals surface area (Å²) in [4.78, 5) is 55.2. The van der Waals surface area contributed by atoms with Crippen LogP contribution in [0, 0.1) is 0 Å². The number of nitrogens with one attached hydrogen (secondary N) is 1. The number of nitrogen functional groups attached to an aromatic ring is 1. The standard InChI is InChI=1S/C30H44N8O6/c1-3-4-18-44-29-33-26(31)25-27(34-29)38(30(43)32-25)11-5-10-37(19-22-6-8-23(9-7-22)21(2)28(41)42)24(40)20-36-14-12-35(13-15-36)16-17-39/h6-9,21,39H,3-5,10-20H2,1-2H3,(H,32,43)(H,41,42)(H2,31,33,34). The lowest BCUT2D eigenvalue weighted by molar-refractivity contribution is -0.138. The predicted octanol–water partition coefficient (Wildman–Crippen LogP) is 1.10. The first-order chi connectivity index (χ1) is 21.2. The molecule has 1 unspecified atom stereocenters. The summed E-state index contributed by atoms with van der Waals surface area (Å²) in [6.07, 6.45) is 2.27. The minimum Gasteiger partial charge on any atom is -0.481 e. The number of amides is 1. The van der Waals surface area contributed by atoms with Gasteiger partial charge in [-0.05, 0) is 30.9 Å². The predicted molar refractivity (Wildman–Crippen MR) is 165 cm³/mol. The van der Waals surface area contributed by atoms with Crippen LogP contribution in [0.2, 0.25) is 0 Å². The summed E-state index contributed by atoms with van der Waals surface area (Å²) in [6.45, 7) is 9.19. The number of fused-ring (bicyclic) bond motifs is 1. The number of piperazine rings is 1. The molecule has 1 saturated heterocycles. The van der Waals surface area contributed by atoms with E-state index in [9.17, 15) is 24.6 Å². The number of carbonyl (C=O) groups excluding carboxylic acids is 1. The number of aromatic amines is 1. The molecular formula is C30H44N8O6. The van der Waals surface area contributed by atoms with E-state index >= 15 is 0 Å². The van der Waals surface area contributed by atoms with Crippen molar-refractivity contribution in [2.45, 2.75) is 52.1 Å². The fourth-order valence-corrected chi connectivity index (χ4v) is 5.20. The van der Waals surface area contributed by atoms with Crippen LogP contribution in [0.25, 0.3) is 11.2 Å². The fraction of sp³-hybridized carbons (Fsp3) is 0.567. The van der Waals surface area contributed by atoms with Gasteiger partial charge in [0, 0.05) is 52.4 Å². The number of hydrogen-bond acceptors (Lipinski definition) is 10. The van der Waals surface area contributed by atoms with Crippen molar-refractivity contribution < 1.29 is 24.5 Å². The molecule has 1 atom stereocenters. The van der Waals surface area contributed by atoms with E-state index in [2.05, 4.69) is 24.8 Å². The number of unbranched alkanes of at least 4 members (excludes halogenated alkanes) is 1. The maximum atomic E-state index is 13.6. The van der Waals surface area contributed by atoms with E-state index in [0.29, 0.717) is 55.9 Å². The minimum atomic E-state index is -0.896. The molecule has 0 spiro atoms. The molecule has 4 rings (SSSR count). The summed E-state index contributed by atoms with van der Waals surface area (Å²) >= 11 is 0. The first-order valence-corrected chi connectivity index (χ1v) is 15.2. The van der Waals surface area contributed by atoms with E-state index in [1.165, 1.54) is 4.57 Å². The first kappa shape index (κ1) is 32.9. The summed E-state index contributed by atoms with van der Waals surface area (Å²) in [5.41, 5.74) is 8.00. The van der Waals surface area contributed by atoms with Crippen molar-refractivity contribution in [3.05, 3.63) is 45.9 Å². The van der Waals surface area contributed by atoms with Gasteiger partial charge in [-0.2, -0.15) is 9.97 Å². The Morgan fingerprint density at radius 1 is 1.09 bits per heavy atom. The maximum absolute atomic E-state index is 13.6. The summed E-state index contributed by atoms with van der Waals surface area (Å²) < 4.78 is 7.12. The molecule has 1 fully saturated rings. The van der Waals surface area contributed by atoms with Crippen LogP contribution in [0.3, 0.4) is 0 Å². The number of aryl methyl sites for hydroxylation is 1. The van der Waals surface area contributed by atoms with Crippen molar-refractivity contribution in [1.29, 1.82) is 0 Å². The smallest absolute Gasteiger partial charge is 0.327 e. The average Bonchev–Trinajstić information content (AvgIpc) is 3.33. The molecule has 3 aromatic rings. The van der Waals surface area contributed by atoms with Gasteiger partial charge in [0.15, 0.2) is 11.5 Å². The lowest BCUT2D eigenvalue weighted by Gasteiger charge is -2.35. The van der Waals surface area contributed by atoms with Gasteiger partial charge < -0.3 is 30.6 Å². The number of rotatable bonds is 16. The number of imidazole rings is 1. The zero-order valence-corrected chi connectivity index (χ0v) is 25.6. The van der Waals surface area contributed by atoms with E-state index in [4.69, 9.17) is 10.5 Å². The normalized spacial score (nSPS) is 15.0. The van der Waals surface area contributed by atoms with Crippen LogP contribution in [0.1, 0.15) is 50.2 Å². The average molecular weight is 613 g/mol. The third-order valence-corrected chi connectivity index (χ3v) is 7.99. The van der Waals surface area contributed by atoms with Gasteiger partial charge in [-0.25, -0.2) is 4.79 Å². The van der Waals surface area contributed by atoms with E-state index in [-0.39, 0.29) is 36.6 Å². The fourth-order valence-electron chi connectivity index (χ4n) is 5.20. The van der Waals surface area contributed by atoms with Crippen LogP contribution in [-0.4, -0.2) is 115 Å². The topological polar surface area (TPSA) is 183 Å². The number of anilines is 1. The van der Waals surface area contributed by atoms with Crippen molar-refractivity contribution in [3.8, 4) is 6.01 Å². The highest BCUT2D eigenvalue weighted by Gasteiger charge is 2.23. The molecule has 14 nitrogen and oxygen atoms in total. The molecule has 1 aromatic carbocycles. The molecule has 14 heteroatoms. The molecule has 2 aromatic heterocycles. The number of hydrogen-bond donors (Lipinski definition) is 4. The second kappa shape index (κ2) is 15.6. The Labute approximate surface area is 256 Å². The molecule has 1 aliphatic rings. The number of β-amino-alcohol motifs (C(OH)–C–C–N with tert-alkyl or cyclic N) is 1. The Kier molecular flexibility index (Phi) is 11.7. The highest BCUT2D eigenvalue weighted by molar-refractivity contribution is 5.82. The van der Waals surface area contributed by atoms with Gasteiger partial charge in [0.2, 0.25) is 5.91 Å². The van der Waals surface area contributed by atoms with Crippen LogP contribution >= 0.6 is 0 Å². The number of aliphatic carboxylic acids is 1. The molecule has 0 bridgehead atoms. The highest BCUT2D eigenvalue weighted by atomic mass is 16.5. The third kappa shape index (κ3) is 8.55. The quantitative estimate of drug-likeness (QED) is 0.170. The summed E-state index contributed by atoms with van der Waals surface area (Å²) in [7, 11) is 0. The molecule has 44 heavy (non-hydrogen) atoms. The van der Waals surface area contributed by atoms with Crippen molar-refractivity contribution in [1.82, 2.24) is 34.2 Å². The number of carboxylic acid groups (broad SMARTS) is 1. The van der Waals surface area contributed by atoms with Gasteiger partial charge >= 0.3 is 17.7 Å². The van der Waals surface area contributed by atoms with E-state index in [1.54, 1.807) is 24.0 Å². The molecule has 5 N–H and O–H groups in total. The van der Waals surface area contributed by atoms with Gasteiger partial charge in [0.25, 0.3) is 0 Å². The van der Waals surface area contributed by atoms with Gasteiger partial charge in [-0.15, -0.1) is 0 Å². The Balaban J connectivity index is 1.47. The molecular weight excluding hydrogens is 568 g/mol. The molecule has 0 saturated carbocycles. The maximum Gasteiger partial charge on any atom is 0.327 e. The van der Waals surface area contributed by atoms with Gasteiger partial charge in [-0.1, -0.05) is 37.6 Å². The Bertz CT molecular complexity index is 1450. The summed E-state index contributed by atoms with van der Waals surface area (Å²) in [5, 5.41) is 18.6. The minimum absolute atomic E-state index is 0.0342. The highest BCUT2D eigenvalue weighted by Crippen LogP contribution is 2.19. The summed E-state index contributed by atoms with van der Waals surface area (Å²) in [6, 6.07) is 7.40. The number of carboxylic acids is 1. The molecule has 240 valence electrons. The molecule has 1 amide bonds. The Morgan fingerprint density at radius 2 is 1.80 bits per heavy atom. The number of ether oxygens (including phenoxy) is 1. The molecule has 0 radical (unpaired) electrons. The number of H-pyrrole nitrogens is 1. The molecule has 0 aliphatic carbocycles. The lowest BCUT2D eigenvalue weighted by atomic mass is 10.00. The van der Waals surface area contributed by atoms with Gasteiger partial charge in [0.05, 0.1) is 25.7 Å². The number of nitrogens with two attached hydrogens (primary N) is 1. The van der Waals surface area contributed by atoms with Crippen LogP contribution in [0.15, 0.2) is 29.1 Å². The number of aromatic nitrogens is 4. The molecule has 3 heterocycles. The SMILES string of the molecule is CCCCOc1nc(N)c2[nH]c(=O)n(CCCN(Cc3ccc(C(C)C(=O)O)cc3)C(=O)CN3CCN(CCO)CC3)c2n1. The van der Waals surface area contributed by atoms with Crippen LogP contribution in [0.4, 0.5) is 5.82 Å². The van der Waals surface area contributed by atoms with Crippen molar-refractivity contribution in [3.63, 3.8) is 0 Å². The first-order valence-electron chi connectivity index (χ1n) is 15.2. The summed E-state index contributed by atoms with van der Waals surface area (Å²) in [5.74, 6) is -1.43. The zero-order valence-electron chi connectivity index (χ0n) is 25.6. The monoisotopic (exact) mass is 612 g/mol. The Morgan fingerprint density at radius 3 is 2.45 bits per heavy atom. The van der Waals surface area contributed by atoms with Crippen molar-refractivity contribution in [2.24, 2.45) is 0 Å². The largest absolute Gasteiger partial charge is 0.481 e. The third-order valence-electron chi connectivity index (χ3n) is 7.99. The van der Waals surface area contributed by atoms with Crippen LogP contribution < -0.4 is 16.2 Å². The van der Waals surface area contributed by atoms with Crippen molar-refractivity contribution >= 4 is 28.9 Å². The second-order valence-corrected chi connectivity index (χ2v) is 11.2. The van der Waals surface area contributed by atoms with Crippen molar-refractivity contribution in [2.75, 3.05) is 64.8 Å². The number of carbonyl (C=O) groups is 2. The second-order valence-electron chi connectivity index (χ2n) is 11.2. The van der Waals surface area contributed by atoms with Crippen LogP contribution in [-0.2, 0) is 22.7 Å². The van der Waals surface area contributed by atoms with Crippen LogP contribution in [0.5, 0.6) is 6.01 Å². The molecule has 1 aliphatic heterocycles. The van der Waals surface area contributed by atoms with Gasteiger partial charge in [0.1, 0.15) is 5.52 Å². The van der Waals surface area contributed by atoms with E-state index in [1.807, 2.05) is 19.1 Å². The zero-order chi connectivity index (χ0) is 31.6. The Hall–Kier alpha value is -4.01. The number of aliphatic hydroxyl groups excluding tert-OH is 1. The lowest BCUT2D eigenvalue weighted by Crippen LogP contribution is -2.50. The number of nitrogens with zero attached hydrogens (tertiary/aromatic N) is 6. The number of aliphatic hydroxyl groups is 1. The van der Waals surface area contributed by atoms with E-state index < -0.39 is 11.9 Å². The number of benzene rings is 1. The van der Waals surface area contributed by atoms with E-state index in [0.717, 1.165) is 44.6 Å².